The molecular formula is C14H12N2O2. The van der Waals surface area contributed by atoms with E-state index in [1.807, 2.05) is 18.2 Å². The molecule has 2 aromatic rings. The summed E-state index contributed by atoms with van der Waals surface area (Å²) in [7, 11) is 0. The fourth-order valence-corrected chi connectivity index (χ4v) is 1.43. The Bertz CT molecular complexity index is 538. The van der Waals surface area contributed by atoms with Crippen molar-refractivity contribution in [2.45, 2.75) is 0 Å². The molecule has 1 amide bonds. The van der Waals surface area contributed by atoms with Crippen LogP contribution in [0, 0.1) is 0 Å². The smallest absolute Gasteiger partial charge is 0.298 e. The molecule has 0 saturated heterocycles. The molecule has 0 aliphatic carbocycles. The Balaban J connectivity index is 1.95. The third-order valence-corrected chi connectivity index (χ3v) is 2.34. The summed E-state index contributed by atoms with van der Waals surface area (Å²) in [4.78, 5) is 23.3. The number of rotatable bonds is 4. The number of hydrogen-bond acceptors (Lipinski definition) is 3. The first kappa shape index (κ1) is 11.9. The maximum Gasteiger partial charge on any atom is 0.310 e. The number of hydrogen-bond donors (Lipinski definition) is 2. The average Bonchev–Trinajstić information content (AvgIpc) is 2.46. The van der Waals surface area contributed by atoms with E-state index < -0.39 is 11.7 Å². The van der Waals surface area contributed by atoms with Gasteiger partial charge in [-0.2, -0.15) is 0 Å². The monoisotopic (exact) mass is 240 g/mol. The minimum Gasteiger partial charge on any atom is -0.298 e. The molecule has 0 atom stereocenters. The van der Waals surface area contributed by atoms with Gasteiger partial charge in [-0.1, -0.05) is 48.5 Å². The number of benzene rings is 2. The van der Waals surface area contributed by atoms with E-state index in [-0.39, 0.29) is 0 Å². The van der Waals surface area contributed by atoms with Crippen molar-refractivity contribution in [2.24, 2.45) is 0 Å². The minimum absolute atomic E-state index is 0.366. The fourth-order valence-electron chi connectivity index (χ4n) is 1.43. The van der Waals surface area contributed by atoms with Crippen LogP contribution in [0.4, 0.5) is 5.69 Å². The van der Waals surface area contributed by atoms with Crippen molar-refractivity contribution in [1.29, 1.82) is 0 Å². The van der Waals surface area contributed by atoms with Crippen LogP contribution in [0.15, 0.2) is 60.7 Å². The lowest BCUT2D eigenvalue weighted by Crippen LogP contribution is -2.35. The highest BCUT2D eigenvalue weighted by Crippen LogP contribution is 2.03. The summed E-state index contributed by atoms with van der Waals surface area (Å²) < 4.78 is 0. The van der Waals surface area contributed by atoms with Crippen molar-refractivity contribution < 1.29 is 9.59 Å². The third-order valence-electron chi connectivity index (χ3n) is 2.34. The van der Waals surface area contributed by atoms with Gasteiger partial charge >= 0.3 is 5.91 Å². The lowest BCUT2D eigenvalue weighted by atomic mass is 10.1. The lowest BCUT2D eigenvalue weighted by Gasteiger charge is -2.07. The molecule has 4 heteroatoms. The predicted octanol–water partition coefficient (Wildman–Crippen LogP) is 2.01. The van der Waals surface area contributed by atoms with E-state index >= 15 is 0 Å². The summed E-state index contributed by atoms with van der Waals surface area (Å²) in [6.45, 7) is 0. The van der Waals surface area contributed by atoms with Gasteiger partial charge in [0.1, 0.15) is 0 Å². The van der Waals surface area contributed by atoms with Gasteiger partial charge in [-0.3, -0.25) is 20.4 Å². The highest BCUT2D eigenvalue weighted by atomic mass is 16.2. The van der Waals surface area contributed by atoms with E-state index in [1.54, 1.807) is 42.5 Å². The van der Waals surface area contributed by atoms with E-state index in [4.69, 9.17) is 0 Å². The van der Waals surface area contributed by atoms with Crippen molar-refractivity contribution >= 4 is 17.4 Å². The number of carbonyl (C=O) groups is 2. The number of amides is 1. The molecule has 0 heterocycles. The molecule has 4 nitrogen and oxygen atoms in total. The topological polar surface area (TPSA) is 58.2 Å². The summed E-state index contributed by atoms with van der Waals surface area (Å²) in [5, 5.41) is 0. The van der Waals surface area contributed by atoms with Gasteiger partial charge in [0.15, 0.2) is 0 Å². The second kappa shape index (κ2) is 5.63. The molecule has 0 fully saturated rings. The van der Waals surface area contributed by atoms with E-state index in [1.165, 1.54) is 0 Å². The van der Waals surface area contributed by atoms with Crippen LogP contribution in [0.3, 0.4) is 0 Å². The van der Waals surface area contributed by atoms with Crippen LogP contribution in [0.1, 0.15) is 10.4 Å². The molecule has 18 heavy (non-hydrogen) atoms. The largest absolute Gasteiger partial charge is 0.310 e. The summed E-state index contributed by atoms with van der Waals surface area (Å²) in [6.07, 6.45) is 0. The molecule has 2 rings (SSSR count). The van der Waals surface area contributed by atoms with Gasteiger partial charge in [0, 0.05) is 5.56 Å². The number of Topliss-reactive ketones (excluding diaryl/α,β-unsaturated/α-hetero) is 1. The van der Waals surface area contributed by atoms with Crippen molar-refractivity contribution in [1.82, 2.24) is 5.43 Å². The van der Waals surface area contributed by atoms with Gasteiger partial charge in [-0.05, 0) is 12.1 Å². The second-order valence-corrected chi connectivity index (χ2v) is 3.64. The quantitative estimate of drug-likeness (QED) is 0.488. The van der Waals surface area contributed by atoms with Crippen LogP contribution in [0.25, 0.3) is 0 Å². The van der Waals surface area contributed by atoms with Gasteiger partial charge in [-0.25, -0.2) is 0 Å². The molecule has 0 saturated carbocycles. The van der Waals surface area contributed by atoms with Crippen LogP contribution in [-0.4, -0.2) is 11.7 Å². The second-order valence-electron chi connectivity index (χ2n) is 3.64. The number of para-hydroxylation sites is 1. The molecule has 2 N–H and O–H groups in total. The Morgan fingerprint density at radius 3 is 1.94 bits per heavy atom. The first-order valence-electron chi connectivity index (χ1n) is 5.48. The number of hydrazine groups is 1. The number of anilines is 1. The Hall–Kier alpha value is -2.62. The van der Waals surface area contributed by atoms with E-state index in [0.717, 1.165) is 0 Å². The van der Waals surface area contributed by atoms with Gasteiger partial charge in [0.05, 0.1) is 5.69 Å². The molecule has 0 unspecified atom stereocenters. The van der Waals surface area contributed by atoms with Gasteiger partial charge in [0.2, 0.25) is 0 Å². The van der Waals surface area contributed by atoms with Crippen LogP contribution < -0.4 is 10.9 Å². The predicted molar refractivity (Wildman–Crippen MR) is 69.0 cm³/mol. The van der Waals surface area contributed by atoms with E-state index in [2.05, 4.69) is 10.9 Å². The van der Waals surface area contributed by atoms with Gasteiger partial charge < -0.3 is 0 Å². The van der Waals surface area contributed by atoms with Crippen LogP contribution in [0.5, 0.6) is 0 Å². The molecule has 0 aliphatic heterocycles. The molecule has 0 aromatic heterocycles. The Morgan fingerprint density at radius 2 is 1.33 bits per heavy atom. The summed E-state index contributed by atoms with van der Waals surface area (Å²) >= 11 is 0. The summed E-state index contributed by atoms with van der Waals surface area (Å²) in [6, 6.07) is 17.5. The molecular weight excluding hydrogens is 228 g/mol. The third kappa shape index (κ3) is 2.95. The maximum atomic E-state index is 11.7. The zero-order valence-electron chi connectivity index (χ0n) is 9.59. The molecule has 0 bridgehead atoms. The van der Waals surface area contributed by atoms with Gasteiger partial charge in [0.25, 0.3) is 5.78 Å². The number of ketones is 1. The standard InChI is InChI=1S/C14H12N2O2/c17-13(11-7-3-1-4-8-11)14(18)16-15-12-9-5-2-6-10-12/h1-10,15H,(H,16,18). The fraction of sp³-hybridized carbons (Fsp3) is 0. The van der Waals surface area contributed by atoms with Crippen LogP contribution >= 0.6 is 0 Å². The number of carbonyl (C=O) groups excluding carboxylic acids is 2. The normalized spacial score (nSPS) is 9.56. The highest BCUT2D eigenvalue weighted by molar-refractivity contribution is 6.42. The number of nitrogens with one attached hydrogen (secondary N) is 2. The molecule has 90 valence electrons. The van der Waals surface area contributed by atoms with Crippen LogP contribution in [0.2, 0.25) is 0 Å². The zero-order valence-corrected chi connectivity index (χ0v) is 9.59. The maximum absolute atomic E-state index is 11.7. The van der Waals surface area contributed by atoms with Crippen molar-refractivity contribution in [3.05, 3.63) is 66.2 Å². The Kier molecular flexibility index (Phi) is 3.71. The summed E-state index contributed by atoms with van der Waals surface area (Å²) in [5.41, 5.74) is 6.11. The Labute approximate surface area is 105 Å². The van der Waals surface area contributed by atoms with Crippen molar-refractivity contribution in [3.8, 4) is 0 Å². The summed E-state index contributed by atoms with van der Waals surface area (Å²) in [5.74, 6) is -1.26. The van der Waals surface area contributed by atoms with Crippen LogP contribution in [-0.2, 0) is 4.79 Å². The molecule has 0 aliphatic rings. The first-order chi connectivity index (χ1) is 8.77. The Morgan fingerprint density at radius 1 is 0.778 bits per heavy atom. The van der Waals surface area contributed by atoms with E-state index in [0.29, 0.717) is 11.3 Å². The lowest BCUT2D eigenvalue weighted by molar-refractivity contribution is -0.116. The van der Waals surface area contributed by atoms with Crippen molar-refractivity contribution in [2.75, 3.05) is 5.43 Å². The van der Waals surface area contributed by atoms with Gasteiger partial charge in [-0.15, -0.1) is 0 Å². The zero-order chi connectivity index (χ0) is 12.8. The average molecular weight is 240 g/mol. The van der Waals surface area contributed by atoms with Crippen molar-refractivity contribution in [3.63, 3.8) is 0 Å². The highest BCUT2D eigenvalue weighted by Gasteiger charge is 2.14. The first-order valence-corrected chi connectivity index (χ1v) is 5.48. The molecule has 2 aromatic carbocycles. The molecule has 0 radical (unpaired) electrons. The molecule has 0 spiro atoms. The SMILES string of the molecule is O=C(NNc1ccccc1)C(=O)c1ccccc1. The minimum atomic E-state index is -0.690. The van der Waals surface area contributed by atoms with E-state index in [9.17, 15) is 9.59 Å².